The van der Waals surface area contributed by atoms with Gasteiger partial charge in [-0.3, -0.25) is 0 Å². The predicted octanol–water partition coefficient (Wildman–Crippen LogP) is 0.680. The lowest BCUT2D eigenvalue weighted by Gasteiger charge is -2.17. The van der Waals surface area contributed by atoms with Crippen molar-refractivity contribution in [2.75, 3.05) is 0 Å². The van der Waals surface area contributed by atoms with Crippen molar-refractivity contribution in [3.05, 3.63) is 0 Å². The van der Waals surface area contributed by atoms with Gasteiger partial charge < -0.3 is 9.53 Å². The zero-order valence-electron chi connectivity index (χ0n) is 5.88. The largest absolute Gasteiger partial charge is 0.382 e. The second-order valence-electron chi connectivity index (χ2n) is 2.71. The van der Waals surface area contributed by atoms with Gasteiger partial charge in [0, 0.05) is 0 Å². The van der Waals surface area contributed by atoms with Crippen LogP contribution in [-0.4, -0.2) is 19.7 Å². The molecule has 0 fully saturated rings. The molecule has 0 aromatic heterocycles. The molecule has 0 rings (SSSR count). The molecule has 1 N–H and O–H groups in total. The van der Waals surface area contributed by atoms with E-state index < -0.39 is 14.6 Å². The van der Waals surface area contributed by atoms with Crippen molar-refractivity contribution in [3.8, 4) is 6.07 Å². The SMILES string of the molecule is C[Si](C)(C)OC(O)C#N. The molecule has 3 nitrogen and oxygen atoms in total. The van der Waals surface area contributed by atoms with Crippen LogP contribution in [0.1, 0.15) is 0 Å². The molecule has 0 amide bonds. The number of hydrogen-bond acceptors (Lipinski definition) is 3. The van der Waals surface area contributed by atoms with Crippen LogP contribution < -0.4 is 0 Å². The minimum Gasteiger partial charge on any atom is -0.382 e. The van der Waals surface area contributed by atoms with Crippen molar-refractivity contribution < 1.29 is 9.53 Å². The zero-order valence-corrected chi connectivity index (χ0v) is 6.88. The maximum Gasteiger partial charge on any atom is 0.236 e. The van der Waals surface area contributed by atoms with Gasteiger partial charge in [-0.15, -0.1) is 0 Å². The molecule has 0 aliphatic heterocycles. The Morgan fingerprint density at radius 2 is 2.00 bits per heavy atom. The van der Waals surface area contributed by atoms with Crippen molar-refractivity contribution in [3.63, 3.8) is 0 Å². The van der Waals surface area contributed by atoms with Gasteiger partial charge in [0.2, 0.25) is 6.29 Å². The van der Waals surface area contributed by atoms with Gasteiger partial charge in [-0.05, 0) is 19.6 Å². The highest BCUT2D eigenvalue weighted by atomic mass is 28.4. The summed E-state index contributed by atoms with van der Waals surface area (Å²) in [5.74, 6) is 0. The van der Waals surface area contributed by atoms with E-state index in [-0.39, 0.29) is 0 Å². The lowest BCUT2D eigenvalue weighted by Crippen LogP contribution is -2.30. The summed E-state index contributed by atoms with van der Waals surface area (Å²) in [4.78, 5) is 0. The van der Waals surface area contributed by atoms with Gasteiger partial charge >= 0.3 is 0 Å². The molecule has 0 aromatic carbocycles. The Hall–Kier alpha value is -0.373. The van der Waals surface area contributed by atoms with Crippen LogP contribution in [-0.2, 0) is 4.43 Å². The van der Waals surface area contributed by atoms with Gasteiger partial charge in [0.05, 0.1) is 0 Å². The second kappa shape index (κ2) is 2.97. The number of rotatable bonds is 2. The van der Waals surface area contributed by atoms with Gasteiger partial charge in [-0.25, -0.2) is 0 Å². The van der Waals surface area contributed by atoms with Crippen molar-refractivity contribution in [1.82, 2.24) is 0 Å². The summed E-state index contributed by atoms with van der Waals surface area (Å²) in [6.45, 7) is 5.73. The number of aliphatic hydroxyl groups excluding tert-OH is 1. The summed E-state index contributed by atoms with van der Waals surface area (Å²) in [6.07, 6.45) is -1.24. The smallest absolute Gasteiger partial charge is 0.236 e. The topological polar surface area (TPSA) is 53.2 Å². The molecule has 0 aromatic rings. The summed E-state index contributed by atoms with van der Waals surface area (Å²) < 4.78 is 4.92. The molecule has 0 saturated carbocycles. The minimum absolute atomic E-state index is 1.24. The Kier molecular flexibility index (Phi) is 2.84. The summed E-state index contributed by atoms with van der Waals surface area (Å²) in [5.41, 5.74) is 0. The van der Waals surface area contributed by atoms with Gasteiger partial charge in [-0.2, -0.15) is 5.26 Å². The van der Waals surface area contributed by atoms with Crippen molar-refractivity contribution in [2.24, 2.45) is 0 Å². The van der Waals surface area contributed by atoms with E-state index in [4.69, 9.17) is 14.8 Å². The summed E-state index contributed by atoms with van der Waals surface area (Å²) in [6, 6.07) is 1.59. The van der Waals surface area contributed by atoms with Crippen LogP contribution in [0.15, 0.2) is 0 Å². The third-order valence-electron chi connectivity index (χ3n) is 0.576. The van der Waals surface area contributed by atoms with Crippen LogP contribution in [0.2, 0.25) is 19.6 Å². The van der Waals surface area contributed by atoms with Crippen LogP contribution in [0, 0.1) is 11.3 Å². The zero-order chi connectivity index (χ0) is 7.49. The van der Waals surface area contributed by atoms with E-state index in [2.05, 4.69) is 0 Å². The lowest BCUT2D eigenvalue weighted by molar-refractivity contribution is 0.0249. The first kappa shape index (κ1) is 8.63. The molecule has 0 aliphatic carbocycles. The van der Waals surface area contributed by atoms with E-state index in [1.807, 2.05) is 19.6 Å². The van der Waals surface area contributed by atoms with Gasteiger partial charge in [0.25, 0.3) is 0 Å². The molecule has 52 valence electrons. The third kappa shape index (κ3) is 5.50. The van der Waals surface area contributed by atoms with E-state index >= 15 is 0 Å². The van der Waals surface area contributed by atoms with Crippen molar-refractivity contribution in [2.45, 2.75) is 25.9 Å². The van der Waals surface area contributed by atoms with E-state index in [9.17, 15) is 0 Å². The minimum atomic E-state index is -1.71. The highest BCUT2D eigenvalue weighted by molar-refractivity contribution is 6.69. The summed E-state index contributed by atoms with van der Waals surface area (Å²) in [5, 5.41) is 16.7. The Labute approximate surface area is 56.0 Å². The van der Waals surface area contributed by atoms with E-state index in [0.717, 1.165) is 0 Å². The molecule has 1 atom stereocenters. The molecule has 1 unspecified atom stereocenters. The van der Waals surface area contributed by atoms with Crippen LogP contribution in [0.3, 0.4) is 0 Å². The number of nitriles is 1. The predicted molar refractivity (Wildman–Crippen MR) is 36.1 cm³/mol. The van der Waals surface area contributed by atoms with Crippen LogP contribution in [0.4, 0.5) is 0 Å². The summed E-state index contributed by atoms with van der Waals surface area (Å²) >= 11 is 0. The average Bonchev–Trinajstić information content (AvgIpc) is 1.62. The fraction of sp³-hybridized carbons (Fsp3) is 0.800. The molecule has 0 bridgehead atoms. The molecule has 0 aliphatic rings. The van der Waals surface area contributed by atoms with Crippen LogP contribution >= 0.6 is 0 Å². The first-order valence-corrected chi connectivity index (χ1v) is 6.12. The van der Waals surface area contributed by atoms with Crippen LogP contribution in [0.5, 0.6) is 0 Å². The second-order valence-corrected chi connectivity index (χ2v) is 7.17. The standard InChI is InChI=1S/C5H11NO2Si/c1-9(2,3)8-5(7)4-6/h5,7H,1-3H3. The molecule has 0 heterocycles. The fourth-order valence-electron chi connectivity index (χ4n) is 0.361. The Bertz CT molecular complexity index is 124. The Morgan fingerprint density at radius 1 is 1.56 bits per heavy atom. The monoisotopic (exact) mass is 145 g/mol. The third-order valence-corrected chi connectivity index (χ3v) is 1.51. The number of nitrogens with zero attached hydrogens (tertiary/aromatic N) is 1. The molecular weight excluding hydrogens is 134 g/mol. The van der Waals surface area contributed by atoms with Crippen LogP contribution in [0.25, 0.3) is 0 Å². The van der Waals surface area contributed by atoms with Crippen molar-refractivity contribution >= 4 is 8.32 Å². The summed E-state index contributed by atoms with van der Waals surface area (Å²) in [7, 11) is -1.71. The maximum atomic E-state index is 8.64. The van der Waals surface area contributed by atoms with E-state index in [0.29, 0.717) is 0 Å². The normalized spacial score (nSPS) is 14.6. The molecule has 0 spiro atoms. The maximum absolute atomic E-state index is 8.64. The number of aliphatic hydroxyl groups is 1. The fourth-order valence-corrected chi connectivity index (χ4v) is 1.08. The molecule has 0 saturated heterocycles. The van der Waals surface area contributed by atoms with Gasteiger partial charge in [0.1, 0.15) is 6.07 Å². The Morgan fingerprint density at radius 3 is 2.11 bits per heavy atom. The molecular formula is C5H11NO2Si. The molecule has 9 heavy (non-hydrogen) atoms. The molecule has 4 heteroatoms. The van der Waals surface area contributed by atoms with E-state index in [1.165, 1.54) is 0 Å². The van der Waals surface area contributed by atoms with Crippen molar-refractivity contribution in [1.29, 1.82) is 5.26 Å². The van der Waals surface area contributed by atoms with Gasteiger partial charge in [0.15, 0.2) is 8.32 Å². The average molecular weight is 145 g/mol. The van der Waals surface area contributed by atoms with E-state index in [1.54, 1.807) is 6.07 Å². The first-order valence-electron chi connectivity index (χ1n) is 2.71. The van der Waals surface area contributed by atoms with Gasteiger partial charge in [-0.1, -0.05) is 0 Å². The highest BCUT2D eigenvalue weighted by Crippen LogP contribution is 2.04. The molecule has 0 radical (unpaired) electrons. The quantitative estimate of drug-likeness (QED) is 0.353. The Balaban J connectivity index is 3.63. The number of hydrogen-bond donors (Lipinski definition) is 1. The highest BCUT2D eigenvalue weighted by Gasteiger charge is 2.18. The lowest BCUT2D eigenvalue weighted by atomic mass is 10.8. The first-order chi connectivity index (χ1) is 3.95.